The highest BCUT2D eigenvalue weighted by molar-refractivity contribution is 6.32. The molecule has 3 heterocycles. The zero-order valence-electron chi connectivity index (χ0n) is 10.7. The molecular formula is C13H11ClN6. The molecule has 0 spiro atoms. The van der Waals surface area contributed by atoms with Crippen molar-refractivity contribution in [3.05, 3.63) is 41.8 Å². The van der Waals surface area contributed by atoms with Gasteiger partial charge in [0.1, 0.15) is 11.5 Å². The predicted octanol–water partition coefficient (Wildman–Crippen LogP) is 2.17. The third kappa shape index (κ3) is 2.33. The van der Waals surface area contributed by atoms with Gasteiger partial charge < -0.3 is 5.73 Å². The number of anilines is 1. The van der Waals surface area contributed by atoms with Crippen molar-refractivity contribution >= 4 is 17.4 Å². The van der Waals surface area contributed by atoms with Crippen LogP contribution in [-0.2, 0) is 7.05 Å². The predicted molar refractivity (Wildman–Crippen MR) is 76.9 cm³/mol. The summed E-state index contributed by atoms with van der Waals surface area (Å²) >= 11 is 6.11. The Hall–Kier alpha value is -2.47. The van der Waals surface area contributed by atoms with Gasteiger partial charge in [-0.3, -0.25) is 9.67 Å². The molecule has 0 unspecified atom stereocenters. The minimum atomic E-state index is 0.357. The Bertz CT molecular complexity index is 767. The number of nitrogens with zero attached hydrogens (tertiary/aromatic N) is 5. The fourth-order valence-electron chi connectivity index (χ4n) is 1.82. The summed E-state index contributed by atoms with van der Waals surface area (Å²) in [5.74, 6) is 0.755. The number of nitrogens with two attached hydrogens (primary N) is 1. The van der Waals surface area contributed by atoms with Crippen molar-refractivity contribution in [2.24, 2.45) is 7.05 Å². The lowest BCUT2D eigenvalue weighted by molar-refractivity contribution is 0.768. The first-order chi connectivity index (χ1) is 9.63. The molecule has 0 fully saturated rings. The summed E-state index contributed by atoms with van der Waals surface area (Å²) in [6, 6.07) is 5.18. The maximum atomic E-state index is 6.11. The molecule has 3 rings (SSSR count). The van der Waals surface area contributed by atoms with Crippen LogP contribution >= 0.6 is 11.6 Å². The Labute approximate surface area is 120 Å². The molecule has 0 bridgehead atoms. The molecule has 0 saturated carbocycles. The highest BCUT2D eigenvalue weighted by Crippen LogP contribution is 2.26. The second-order valence-electron chi connectivity index (χ2n) is 4.24. The zero-order valence-corrected chi connectivity index (χ0v) is 11.4. The molecule has 0 amide bonds. The minimum Gasteiger partial charge on any atom is -0.384 e. The molecule has 6 nitrogen and oxygen atoms in total. The summed E-state index contributed by atoms with van der Waals surface area (Å²) in [6.07, 6.45) is 5.20. The maximum absolute atomic E-state index is 6.11. The molecular weight excluding hydrogens is 276 g/mol. The van der Waals surface area contributed by atoms with Crippen LogP contribution in [0.25, 0.3) is 22.8 Å². The first kappa shape index (κ1) is 12.6. The smallest absolute Gasteiger partial charge is 0.182 e. The summed E-state index contributed by atoms with van der Waals surface area (Å²) in [7, 11) is 1.84. The molecule has 3 aromatic rings. The quantitative estimate of drug-likeness (QED) is 0.781. The molecule has 0 saturated heterocycles. The van der Waals surface area contributed by atoms with Gasteiger partial charge in [0.25, 0.3) is 0 Å². The highest BCUT2D eigenvalue weighted by Gasteiger charge is 2.12. The van der Waals surface area contributed by atoms with Gasteiger partial charge >= 0.3 is 0 Å². The van der Waals surface area contributed by atoms with Crippen molar-refractivity contribution < 1.29 is 0 Å². The molecule has 0 aliphatic carbocycles. The van der Waals surface area contributed by atoms with Crippen molar-refractivity contribution in [3.8, 4) is 22.8 Å². The van der Waals surface area contributed by atoms with Crippen molar-refractivity contribution in [1.82, 2.24) is 24.7 Å². The normalized spacial score (nSPS) is 10.7. The second kappa shape index (κ2) is 4.90. The summed E-state index contributed by atoms with van der Waals surface area (Å²) < 4.78 is 1.70. The van der Waals surface area contributed by atoms with Crippen LogP contribution in [-0.4, -0.2) is 24.7 Å². The molecule has 0 aliphatic heterocycles. The van der Waals surface area contributed by atoms with Gasteiger partial charge in [0.15, 0.2) is 5.82 Å². The van der Waals surface area contributed by atoms with E-state index in [2.05, 4.69) is 20.1 Å². The fraction of sp³-hybridized carbons (Fsp3) is 0.0769. The van der Waals surface area contributed by atoms with Gasteiger partial charge in [0, 0.05) is 31.1 Å². The maximum Gasteiger partial charge on any atom is 0.182 e. The first-order valence-corrected chi connectivity index (χ1v) is 6.26. The van der Waals surface area contributed by atoms with Crippen LogP contribution in [0.3, 0.4) is 0 Å². The van der Waals surface area contributed by atoms with Gasteiger partial charge in [-0.25, -0.2) is 9.97 Å². The molecule has 100 valence electrons. The Morgan fingerprint density at radius 3 is 2.85 bits per heavy atom. The fourth-order valence-corrected chi connectivity index (χ4v) is 2.03. The van der Waals surface area contributed by atoms with Crippen LogP contribution < -0.4 is 5.73 Å². The molecule has 7 heteroatoms. The number of nitrogen functional groups attached to an aromatic ring is 1. The lowest BCUT2D eigenvalue weighted by atomic mass is 10.2. The summed E-state index contributed by atoms with van der Waals surface area (Å²) in [5, 5.41) is 4.60. The summed E-state index contributed by atoms with van der Waals surface area (Å²) in [6.45, 7) is 0. The van der Waals surface area contributed by atoms with Crippen LogP contribution in [0.15, 0.2) is 36.8 Å². The number of pyridine rings is 1. The number of rotatable bonds is 2. The monoisotopic (exact) mass is 286 g/mol. The molecule has 0 aromatic carbocycles. The Morgan fingerprint density at radius 2 is 2.15 bits per heavy atom. The third-order valence-electron chi connectivity index (χ3n) is 2.72. The minimum absolute atomic E-state index is 0.357. The lowest BCUT2D eigenvalue weighted by Crippen LogP contribution is -1.99. The van der Waals surface area contributed by atoms with E-state index < -0.39 is 0 Å². The van der Waals surface area contributed by atoms with Gasteiger partial charge in [0.05, 0.1) is 16.9 Å². The van der Waals surface area contributed by atoms with Crippen LogP contribution in [0, 0.1) is 0 Å². The highest BCUT2D eigenvalue weighted by atomic mass is 35.5. The van der Waals surface area contributed by atoms with Crippen LogP contribution in [0.5, 0.6) is 0 Å². The summed E-state index contributed by atoms with van der Waals surface area (Å²) in [5.41, 5.74) is 7.89. The van der Waals surface area contributed by atoms with Gasteiger partial charge in [-0.05, 0) is 12.1 Å². The first-order valence-electron chi connectivity index (χ1n) is 5.88. The van der Waals surface area contributed by atoms with Crippen molar-refractivity contribution in [2.75, 3.05) is 5.73 Å². The van der Waals surface area contributed by atoms with Gasteiger partial charge in [-0.2, -0.15) is 5.10 Å². The number of halogens is 1. The van der Waals surface area contributed by atoms with Gasteiger partial charge in [0.2, 0.25) is 0 Å². The van der Waals surface area contributed by atoms with E-state index in [0.29, 0.717) is 28.1 Å². The van der Waals surface area contributed by atoms with E-state index in [1.54, 1.807) is 35.3 Å². The van der Waals surface area contributed by atoms with Crippen LogP contribution in [0.4, 0.5) is 5.82 Å². The van der Waals surface area contributed by atoms with E-state index in [1.807, 2.05) is 13.2 Å². The van der Waals surface area contributed by atoms with Crippen molar-refractivity contribution in [1.29, 1.82) is 0 Å². The largest absolute Gasteiger partial charge is 0.384 e. The van der Waals surface area contributed by atoms with Crippen LogP contribution in [0.2, 0.25) is 5.02 Å². The molecule has 20 heavy (non-hydrogen) atoms. The SMILES string of the molecule is Cn1cc(-c2cc(N)nc(-c3ncccc3Cl)n2)cn1. The summed E-state index contributed by atoms with van der Waals surface area (Å²) in [4.78, 5) is 12.8. The average Bonchev–Trinajstić information content (AvgIpc) is 2.85. The van der Waals surface area contributed by atoms with E-state index in [9.17, 15) is 0 Å². The number of hydrogen-bond donors (Lipinski definition) is 1. The Morgan fingerprint density at radius 1 is 1.30 bits per heavy atom. The number of aryl methyl sites for hydroxylation is 1. The van der Waals surface area contributed by atoms with Crippen molar-refractivity contribution in [2.45, 2.75) is 0 Å². The molecule has 0 atom stereocenters. The molecule has 0 radical (unpaired) electrons. The standard InChI is InChI=1S/C13H11ClN6/c1-20-7-8(6-17-20)10-5-11(15)19-13(18-10)12-9(14)3-2-4-16-12/h2-7H,1H3,(H2,15,18,19). The van der Waals surface area contributed by atoms with Crippen molar-refractivity contribution in [3.63, 3.8) is 0 Å². The molecule has 2 N–H and O–H groups in total. The van der Waals surface area contributed by atoms with Crippen LogP contribution in [0.1, 0.15) is 0 Å². The topological polar surface area (TPSA) is 82.5 Å². The third-order valence-corrected chi connectivity index (χ3v) is 3.02. The van der Waals surface area contributed by atoms with Gasteiger partial charge in [-0.1, -0.05) is 11.6 Å². The molecule has 3 aromatic heterocycles. The Balaban J connectivity index is 2.14. The zero-order chi connectivity index (χ0) is 14.1. The van der Waals surface area contributed by atoms with E-state index in [0.717, 1.165) is 5.56 Å². The van der Waals surface area contributed by atoms with E-state index in [-0.39, 0.29) is 0 Å². The van der Waals surface area contributed by atoms with Gasteiger partial charge in [-0.15, -0.1) is 0 Å². The number of aromatic nitrogens is 5. The second-order valence-corrected chi connectivity index (χ2v) is 4.65. The number of hydrogen-bond acceptors (Lipinski definition) is 5. The molecule has 0 aliphatic rings. The lowest BCUT2D eigenvalue weighted by Gasteiger charge is -2.05. The van der Waals surface area contributed by atoms with E-state index >= 15 is 0 Å². The Kier molecular flexibility index (Phi) is 3.08. The van der Waals surface area contributed by atoms with E-state index in [1.165, 1.54) is 0 Å². The van der Waals surface area contributed by atoms with E-state index in [4.69, 9.17) is 17.3 Å². The average molecular weight is 287 g/mol.